The summed E-state index contributed by atoms with van der Waals surface area (Å²) >= 11 is 0. The van der Waals surface area contributed by atoms with Crippen LogP contribution >= 0.6 is 0 Å². The molecule has 21 heavy (non-hydrogen) atoms. The summed E-state index contributed by atoms with van der Waals surface area (Å²) in [6.07, 6.45) is 5.66. The monoisotopic (exact) mass is 292 g/mol. The second-order valence-corrected chi connectivity index (χ2v) is 5.94. The molecule has 2 fully saturated rings. The Morgan fingerprint density at radius 3 is 2.95 bits per heavy atom. The smallest absolute Gasteiger partial charge is 0.241 e. The lowest BCUT2D eigenvalue weighted by Gasteiger charge is -2.24. The summed E-state index contributed by atoms with van der Waals surface area (Å²) in [5.41, 5.74) is 0.177. The third kappa shape index (κ3) is 3.02. The maximum Gasteiger partial charge on any atom is 0.241 e. The fraction of sp³-hybridized carbons (Fsp3) is 0.562. The van der Waals surface area contributed by atoms with Gasteiger partial charge in [-0.2, -0.15) is 0 Å². The molecule has 0 bridgehead atoms. The van der Waals surface area contributed by atoms with Gasteiger partial charge in [0.2, 0.25) is 5.91 Å². The van der Waals surface area contributed by atoms with E-state index in [0.717, 1.165) is 12.8 Å². The highest BCUT2D eigenvalue weighted by atomic mass is 19.1. The van der Waals surface area contributed by atoms with Crippen LogP contribution in [0.15, 0.2) is 18.2 Å². The summed E-state index contributed by atoms with van der Waals surface area (Å²) < 4.78 is 18.8. The minimum Gasteiger partial charge on any atom is -0.497 e. The summed E-state index contributed by atoms with van der Waals surface area (Å²) in [5.74, 6) is 0.514. The van der Waals surface area contributed by atoms with Gasteiger partial charge in [0, 0.05) is 12.1 Å². The quantitative estimate of drug-likeness (QED) is 0.900. The normalized spacial score (nSPS) is 28.0. The number of halogens is 1. The fourth-order valence-corrected chi connectivity index (χ4v) is 3.47. The Morgan fingerprint density at radius 1 is 1.38 bits per heavy atom. The number of nitrogens with one attached hydrogen (secondary N) is 2. The molecule has 114 valence electrons. The molecular weight excluding hydrogens is 271 g/mol. The van der Waals surface area contributed by atoms with E-state index in [1.807, 2.05) is 0 Å². The molecule has 2 aliphatic rings. The number of amides is 1. The number of benzene rings is 1. The Balaban J connectivity index is 1.66. The van der Waals surface area contributed by atoms with Crippen molar-refractivity contribution in [2.24, 2.45) is 5.92 Å². The Hall–Kier alpha value is -1.62. The van der Waals surface area contributed by atoms with Gasteiger partial charge in [-0.25, -0.2) is 4.39 Å². The molecule has 3 unspecified atom stereocenters. The zero-order valence-corrected chi connectivity index (χ0v) is 12.2. The van der Waals surface area contributed by atoms with Gasteiger partial charge in [0.15, 0.2) is 0 Å². The Bertz CT molecular complexity index is 521. The van der Waals surface area contributed by atoms with Crippen molar-refractivity contribution in [3.63, 3.8) is 0 Å². The number of hydrogen-bond donors (Lipinski definition) is 2. The van der Waals surface area contributed by atoms with Crippen molar-refractivity contribution in [1.82, 2.24) is 5.32 Å². The summed E-state index contributed by atoms with van der Waals surface area (Å²) in [4.78, 5) is 12.3. The molecule has 1 aromatic carbocycles. The lowest BCUT2D eigenvalue weighted by molar-refractivity contribution is -0.117. The van der Waals surface area contributed by atoms with Crippen LogP contribution in [0, 0.1) is 11.7 Å². The van der Waals surface area contributed by atoms with E-state index < -0.39 is 5.82 Å². The van der Waals surface area contributed by atoms with Crippen LogP contribution in [0.1, 0.15) is 32.1 Å². The van der Waals surface area contributed by atoms with Crippen molar-refractivity contribution in [2.45, 2.75) is 44.2 Å². The number of carbonyl (C=O) groups is 1. The zero-order chi connectivity index (χ0) is 14.8. The average molecular weight is 292 g/mol. The first-order chi connectivity index (χ1) is 10.2. The first kappa shape index (κ1) is 14.3. The van der Waals surface area contributed by atoms with E-state index in [0.29, 0.717) is 17.7 Å². The summed E-state index contributed by atoms with van der Waals surface area (Å²) in [5, 5.41) is 6.08. The number of fused-ring (bicyclic) bond motifs is 1. The van der Waals surface area contributed by atoms with Gasteiger partial charge in [-0.1, -0.05) is 12.8 Å². The highest BCUT2D eigenvalue weighted by Crippen LogP contribution is 2.33. The molecule has 1 amide bonds. The molecule has 1 heterocycles. The number of rotatable bonds is 3. The molecule has 5 heteroatoms. The molecule has 3 atom stereocenters. The highest BCUT2D eigenvalue weighted by Gasteiger charge is 2.38. The summed E-state index contributed by atoms with van der Waals surface area (Å²) in [7, 11) is 1.52. The number of hydrogen-bond acceptors (Lipinski definition) is 3. The van der Waals surface area contributed by atoms with E-state index in [1.54, 1.807) is 0 Å². The summed E-state index contributed by atoms with van der Waals surface area (Å²) in [6, 6.07) is 4.58. The van der Waals surface area contributed by atoms with Crippen LogP contribution in [0.5, 0.6) is 5.75 Å². The van der Waals surface area contributed by atoms with E-state index in [4.69, 9.17) is 4.74 Å². The maximum atomic E-state index is 13.8. The fourth-order valence-electron chi connectivity index (χ4n) is 3.47. The molecule has 1 aliphatic heterocycles. The molecular formula is C16H21FN2O2. The van der Waals surface area contributed by atoms with Crippen LogP contribution in [-0.4, -0.2) is 25.1 Å². The van der Waals surface area contributed by atoms with E-state index in [1.165, 1.54) is 44.6 Å². The number of methoxy groups -OCH3 is 1. The van der Waals surface area contributed by atoms with Crippen molar-refractivity contribution >= 4 is 11.6 Å². The van der Waals surface area contributed by atoms with Gasteiger partial charge >= 0.3 is 0 Å². The van der Waals surface area contributed by atoms with Gasteiger partial charge in [0.05, 0.1) is 18.8 Å². The molecule has 1 saturated carbocycles. The molecule has 1 aromatic rings. The van der Waals surface area contributed by atoms with Crippen molar-refractivity contribution in [3.05, 3.63) is 24.0 Å². The molecule has 1 aliphatic carbocycles. The topological polar surface area (TPSA) is 50.4 Å². The molecule has 0 aromatic heterocycles. The molecule has 4 nitrogen and oxygen atoms in total. The van der Waals surface area contributed by atoms with Crippen LogP contribution in [0.25, 0.3) is 0 Å². The number of anilines is 1. The molecule has 1 saturated heterocycles. The van der Waals surface area contributed by atoms with Crippen molar-refractivity contribution in [1.29, 1.82) is 0 Å². The minimum atomic E-state index is -0.445. The molecule has 0 spiro atoms. The van der Waals surface area contributed by atoms with Crippen LogP contribution < -0.4 is 15.4 Å². The van der Waals surface area contributed by atoms with Gasteiger partial charge in [0.1, 0.15) is 11.6 Å². The second kappa shape index (κ2) is 6.02. The summed E-state index contributed by atoms with van der Waals surface area (Å²) in [6.45, 7) is 0. The Morgan fingerprint density at radius 2 is 2.19 bits per heavy atom. The van der Waals surface area contributed by atoms with Crippen LogP contribution in [0.3, 0.4) is 0 Å². The molecule has 3 rings (SSSR count). The van der Waals surface area contributed by atoms with Crippen molar-refractivity contribution in [3.8, 4) is 5.75 Å². The molecule has 0 radical (unpaired) electrons. The van der Waals surface area contributed by atoms with Gasteiger partial charge in [0.25, 0.3) is 0 Å². The SMILES string of the molecule is COc1ccc(F)c(NC(=O)C2CC3CCCCC3N2)c1. The standard InChI is InChI=1S/C16H21FN2O2/c1-21-11-6-7-12(17)14(9-11)19-16(20)15-8-10-4-2-3-5-13(10)18-15/h6-7,9-10,13,15,18H,2-5,8H2,1H3,(H,19,20). The first-order valence-corrected chi connectivity index (χ1v) is 7.58. The van der Waals surface area contributed by atoms with Gasteiger partial charge < -0.3 is 15.4 Å². The first-order valence-electron chi connectivity index (χ1n) is 7.58. The van der Waals surface area contributed by atoms with Gasteiger partial charge in [-0.15, -0.1) is 0 Å². The largest absolute Gasteiger partial charge is 0.497 e. The van der Waals surface area contributed by atoms with Crippen LogP contribution in [0.4, 0.5) is 10.1 Å². The predicted molar refractivity (Wildman–Crippen MR) is 78.9 cm³/mol. The van der Waals surface area contributed by atoms with Crippen LogP contribution in [0.2, 0.25) is 0 Å². The van der Waals surface area contributed by atoms with Crippen LogP contribution in [-0.2, 0) is 4.79 Å². The van der Waals surface area contributed by atoms with E-state index in [9.17, 15) is 9.18 Å². The lowest BCUT2D eigenvalue weighted by atomic mass is 9.85. The second-order valence-electron chi connectivity index (χ2n) is 5.94. The van der Waals surface area contributed by atoms with Crippen molar-refractivity contribution in [2.75, 3.05) is 12.4 Å². The Labute approximate surface area is 124 Å². The highest BCUT2D eigenvalue weighted by molar-refractivity contribution is 5.95. The van der Waals surface area contributed by atoms with E-state index >= 15 is 0 Å². The third-order valence-electron chi connectivity index (χ3n) is 4.61. The Kier molecular flexibility index (Phi) is 4.10. The van der Waals surface area contributed by atoms with E-state index in [2.05, 4.69) is 10.6 Å². The zero-order valence-electron chi connectivity index (χ0n) is 12.2. The lowest BCUT2D eigenvalue weighted by Crippen LogP contribution is -2.40. The van der Waals surface area contributed by atoms with E-state index in [-0.39, 0.29) is 17.6 Å². The number of ether oxygens (including phenoxy) is 1. The maximum absolute atomic E-state index is 13.8. The van der Waals surface area contributed by atoms with Gasteiger partial charge in [-0.05, 0) is 37.3 Å². The minimum absolute atomic E-state index is 0.156. The average Bonchev–Trinajstić information content (AvgIpc) is 2.93. The third-order valence-corrected chi connectivity index (χ3v) is 4.61. The van der Waals surface area contributed by atoms with Crippen molar-refractivity contribution < 1.29 is 13.9 Å². The molecule has 2 N–H and O–H groups in total. The van der Waals surface area contributed by atoms with Gasteiger partial charge in [-0.3, -0.25) is 4.79 Å². The predicted octanol–water partition coefficient (Wildman–Crippen LogP) is 2.69. The number of carbonyl (C=O) groups excluding carboxylic acids is 1.